The molecule has 0 aromatic carbocycles. The van der Waals surface area contributed by atoms with Crippen LogP contribution in [-0.2, 0) is 9.31 Å². The smallest absolute Gasteiger partial charge is 0.399 e. The molecule has 3 rings (SSSR count). The van der Waals surface area contributed by atoms with Gasteiger partial charge in [-0.3, -0.25) is 4.98 Å². The Balaban J connectivity index is 1.92. The van der Waals surface area contributed by atoms with Gasteiger partial charge in [0.25, 0.3) is 0 Å². The Morgan fingerprint density at radius 2 is 1.52 bits per heavy atom. The van der Waals surface area contributed by atoms with E-state index in [1.807, 2.05) is 39.8 Å². The molecule has 1 aliphatic rings. The first-order chi connectivity index (χ1) is 9.89. The number of pyridine rings is 1. The fourth-order valence-electron chi connectivity index (χ4n) is 2.13. The molecule has 21 heavy (non-hydrogen) atoms. The molecule has 0 N–H and O–H groups in total. The molecule has 2 aromatic heterocycles. The van der Waals surface area contributed by atoms with Gasteiger partial charge in [0.05, 0.1) is 11.2 Å². The van der Waals surface area contributed by atoms with Crippen molar-refractivity contribution in [3.05, 3.63) is 36.8 Å². The van der Waals surface area contributed by atoms with Crippen LogP contribution in [-0.4, -0.2) is 33.3 Å². The van der Waals surface area contributed by atoms with E-state index in [4.69, 9.17) is 9.31 Å². The summed E-state index contributed by atoms with van der Waals surface area (Å²) in [7, 11) is -0.402. The van der Waals surface area contributed by atoms with Crippen LogP contribution in [0.4, 0.5) is 0 Å². The number of rotatable bonds is 2. The summed E-state index contributed by atoms with van der Waals surface area (Å²) in [5, 5.41) is 0. The highest BCUT2D eigenvalue weighted by atomic mass is 16.7. The number of aromatic nitrogens is 3. The zero-order valence-electron chi connectivity index (χ0n) is 12.7. The molecule has 1 aliphatic heterocycles. The van der Waals surface area contributed by atoms with E-state index in [0.717, 1.165) is 5.46 Å². The van der Waals surface area contributed by atoms with Crippen molar-refractivity contribution < 1.29 is 9.31 Å². The van der Waals surface area contributed by atoms with Gasteiger partial charge in [0.2, 0.25) is 0 Å². The maximum absolute atomic E-state index is 6.05. The normalized spacial score (nSPS) is 19.7. The molecular weight excluding hydrogens is 265 g/mol. The number of hydrogen-bond donors (Lipinski definition) is 0. The largest absolute Gasteiger partial charge is 0.494 e. The molecular formula is C15H18BN3O2. The number of nitrogens with zero attached hydrogens (tertiary/aromatic N) is 3. The van der Waals surface area contributed by atoms with E-state index in [2.05, 4.69) is 15.0 Å². The van der Waals surface area contributed by atoms with Gasteiger partial charge in [0, 0.05) is 18.6 Å². The predicted octanol–water partition coefficient (Wildman–Crippen LogP) is 1.84. The minimum absolute atomic E-state index is 0.357. The Bertz CT molecular complexity index is 630. The molecule has 0 unspecified atom stereocenters. The van der Waals surface area contributed by atoms with Gasteiger partial charge < -0.3 is 9.31 Å². The zero-order valence-corrected chi connectivity index (χ0v) is 12.7. The monoisotopic (exact) mass is 283 g/mol. The van der Waals surface area contributed by atoms with Crippen molar-refractivity contribution >= 4 is 12.6 Å². The van der Waals surface area contributed by atoms with Crippen molar-refractivity contribution in [3.63, 3.8) is 0 Å². The molecule has 6 heteroatoms. The van der Waals surface area contributed by atoms with Crippen LogP contribution >= 0.6 is 0 Å². The highest BCUT2D eigenvalue weighted by molar-refractivity contribution is 6.62. The van der Waals surface area contributed by atoms with Crippen molar-refractivity contribution in [1.82, 2.24) is 15.0 Å². The van der Waals surface area contributed by atoms with Crippen molar-refractivity contribution in [2.75, 3.05) is 0 Å². The van der Waals surface area contributed by atoms with Gasteiger partial charge >= 0.3 is 7.12 Å². The maximum atomic E-state index is 6.05. The summed E-state index contributed by atoms with van der Waals surface area (Å²) in [5.41, 5.74) is 0.920. The molecule has 0 radical (unpaired) electrons. The second kappa shape index (κ2) is 4.89. The van der Waals surface area contributed by atoms with Crippen LogP contribution in [0.5, 0.6) is 0 Å². The lowest BCUT2D eigenvalue weighted by molar-refractivity contribution is 0.00578. The lowest BCUT2D eigenvalue weighted by Gasteiger charge is -2.32. The fraction of sp³-hybridized carbons (Fsp3) is 0.400. The van der Waals surface area contributed by atoms with Crippen LogP contribution < -0.4 is 5.46 Å². The third kappa shape index (κ3) is 2.56. The van der Waals surface area contributed by atoms with Crippen molar-refractivity contribution in [2.24, 2.45) is 0 Å². The second-order valence-electron chi connectivity index (χ2n) is 6.14. The topological polar surface area (TPSA) is 57.1 Å². The third-order valence-corrected chi connectivity index (χ3v) is 4.10. The minimum Gasteiger partial charge on any atom is -0.399 e. The first-order valence-electron chi connectivity index (χ1n) is 6.98. The average molecular weight is 283 g/mol. The lowest BCUT2D eigenvalue weighted by Crippen LogP contribution is -2.41. The molecule has 1 saturated heterocycles. The van der Waals surface area contributed by atoms with Gasteiger partial charge in [-0.1, -0.05) is 0 Å². The van der Waals surface area contributed by atoms with Gasteiger partial charge in [-0.2, -0.15) is 0 Å². The van der Waals surface area contributed by atoms with E-state index in [-0.39, 0.29) is 11.2 Å². The molecule has 0 bridgehead atoms. The summed E-state index contributed by atoms with van der Waals surface area (Å²) in [5.74, 6) is 0.593. The van der Waals surface area contributed by atoms with Crippen LogP contribution in [0.1, 0.15) is 27.7 Å². The Morgan fingerprint density at radius 3 is 2.14 bits per heavy atom. The summed E-state index contributed by atoms with van der Waals surface area (Å²) in [6.07, 6.45) is 5.13. The molecule has 108 valence electrons. The highest BCUT2D eigenvalue weighted by Crippen LogP contribution is 2.36. The van der Waals surface area contributed by atoms with Crippen LogP contribution in [0.15, 0.2) is 36.8 Å². The van der Waals surface area contributed by atoms with Gasteiger partial charge in [-0.05, 0) is 51.4 Å². The van der Waals surface area contributed by atoms with Crippen molar-refractivity contribution in [1.29, 1.82) is 0 Å². The summed E-state index contributed by atoms with van der Waals surface area (Å²) < 4.78 is 12.1. The van der Waals surface area contributed by atoms with E-state index in [1.165, 1.54) is 0 Å². The van der Waals surface area contributed by atoms with Crippen molar-refractivity contribution in [3.8, 4) is 11.5 Å². The highest BCUT2D eigenvalue weighted by Gasteiger charge is 2.51. The minimum atomic E-state index is -0.402. The predicted molar refractivity (Wildman–Crippen MR) is 81.0 cm³/mol. The van der Waals surface area contributed by atoms with Crippen LogP contribution in [0.3, 0.4) is 0 Å². The molecule has 1 fully saturated rings. The lowest BCUT2D eigenvalue weighted by atomic mass is 9.79. The summed E-state index contributed by atoms with van der Waals surface area (Å²) in [6, 6.07) is 5.59. The Labute approximate surface area is 124 Å². The summed E-state index contributed by atoms with van der Waals surface area (Å²) in [6.45, 7) is 8.15. The molecule has 0 amide bonds. The van der Waals surface area contributed by atoms with Crippen molar-refractivity contribution in [2.45, 2.75) is 38.9 Å². The Hall–Kier alpha value is -1.79. The van der Waals surface area contributed by atoms with E-state index in [9.17, 15) is 0 Å². The Morgan fingerprint density at radius 1 is 0.905 bits per heavy atom. The first kappa shape index (κ1) is 14.2. The molecule has 0 spiro atoms. The van der Waals surface area contributed by atoms with Crippen LogP contribution in [0.25, 0.3) is 11.5 Å². The SMILES string of the molecule is CC1(C)OB(c2ccnc(-c3ncccn3)c2)OC1(C)C. The fourth-order valence-corrected chi connectivity index (χ4v) is 2.13. The molecule has 0 saturated carbocycles. The van der Waals surface area contributed by atoms with Gasteiger partial charge in [0.15, 0.2) is 5.82 Å². The Kier molecular flexibility index (Phi) is 3.30. The average Bonchev–Trinajstić information content (AvgIpc) is 2.69. The third-order valence-electron chi connectivity index (χ3n) is 4.10. The standard InChI is InChI=1S/C15H18BN3O2/c1-14(2)15(3,4)21-16(20-14)11-6-9-17-12(10-11)13-18-7-5-8-19-13/h5-10H,1-4H3. The van der Waals surface area contributed by atoms with E-state index >= 15 is 0 Å². The van der Waals surface area contributed by atoms with Gasteiger partial charge in [0.1, 0.15) is 5.69 Å². The summed E-state index contributed by atoms with van der Waals surface area (Å²) in [4.78, 5) is 12.8. The maximum Gasteiger partial charge on any atom is 0.494 e. The number of hydrogen-bond acceptors (Lipinski definition) is 5. The van der Waals surface area contributed by atoms with Gasteiger partial charge in [-0.15, -0.1) is 0 Å². The molecule has 0 aliphatic carbocycles. The molecule has 5 nitrogen and oxygen atoms in total. The zero-order chi connectivity index (χ0) is 15.1. The van der Waals surface area contributed by atoms with E-state index in [0.29, 0.717) is 11.5 Å². The van der Waals surface area contributed by atoms with Gasteiger partial charge in [-0.25, -0.2) is 9.97 Å². The second-order valence-corrected chi connectivity index (χ2v) is 6.14. The van der Waals surface area contributed by atoms with Crippen LogP contribution in [0.2, 0.25) is 0 Å². The molecule has 3 heterocycles. The molecule has 2 aromatic rings. The van der Waals surface area contributed by atoms with Crippen LogP contribution in [0, 0.1) is 0 Å². The van der Waals surface area contributed by atoms with E-state index in [1.54, 1.807) is 24.7 Å². The quantitative estimate of drug-likeness (QED) is 0.787. The molecule has 0 atom stereocenters. The van der Waals surface area contributed by atoms with E-state index < -0.39 is 7.12 Å². The summed E-state index contributed by atoms with van der Waals surface area (Å²) >= 11 is 0. The first-order valence-corrected chi connectivity index (χ1v) is 6.98.